The third kappa shape index (κ3) is 1.90. The van der Waals surface area contributed by atoms with E-state index >= 15 is 0 Å². The third-order valence-corrected chi connectivity index (χ3v) is 3.20. The summed E-state index contributed by atoms with van der Waals surface area (Å²) in [5, 5.41) is 3.52. The number of nitrogens with zero attached hydrogens (tertiary/aromatic N) is 1. The standard InChI is InChI=1S/C11H11N3OS/c1-13-11-14-10(12)9(16-11)8(15)7-5-3-2-4-6-7/h2-6H,12H2,1H3,(H,13,14). The molecule has 0 aliphatic rings. The van der Waals surface area contributed by atoms with Gasteiger partial charge in [-0.3, -0.25) is 4.79 Å². The van der Waals surface area contributed by atoms with E-state index in [1.807, 2.05) is 18.2 Å². The van der Waals surface area contributed by atoms with Crippen LogP contribution in [0.15, 0.2) is 30.3 Å². The monoisotopic (exact) mass is 233 g/mol. The molecule has 1 aromatic heterocycles. The largest absolute Gasteiger partial charge is 0.382 e. The van der Waals surface area contributed by atoms with Gasteiger partial charge < -0.3 is 11.1 Å². The van der Waals surface area contributed by atoms with Crippen molar-refractivity contribution in [2.24, 2.45) is 0 Å². The highest BCUT2D eigenvalue weighted by Gasteiger charge is 2.16. The molecule has 0 spiro atoms. The van der Waals surface area contributed by atoms with Crippen LogP contribution in [-0.2, 0) is 0 Å². The highest BCUT2D eigenvalue weighted by Crippen LogP contribution is 2.26. The number of nitrogens with two attached hydrogens (primary N) is 1. The van der Waals surface area contributed by atoms with E-state index in [0.717, 1.165) is 0 Å². The van der Waals surface area contributed by atoms with Gasteiger partial charge in [-0.1, -0.05) is 41.7 Å². The lowest BCUT2D eigenvalue weighted by Crippen LogP contribution is -2.02. The first-order chi connectivity index (χ1) is 7.72. The summed E-state index contributed by atoms with van der Waals surface area (Å²) in [6, 6.07) is 9.04. The lowest BCUT2D eigenvalue weighted by molar-refractivity contribution is 0.104. The highest BCUT2D eigenvalue weighted by molar-refractivity contribution is 7.18. The first-order valence-electron chi connectivity index (χ1n) is 4.76. The van der Waals surface area contributed by atoms with E-state index in [2.05, 4.69) is 10.3 Å². The normalized spacial score (nSPS) is 10.1. The summed E-state index contributed by atoms with van der Waals surface area (Å²) in [4.78, 5) is 16.6. The van der Waals surface area contributed by atoms with Gasteiger partial charge in [0.25, 0.3) is 0 Å². The van der Waals surface area contributed by atoms with Crippen LogP contribution >= 0.6 is 11.3 Å². The zero-order valence-corrected chi connectivity index (χ0v) is 9.54. The minimum atomic E-state index is -0.0860. The lowest BCUT2D eigenvalue weighted by Gasteiger charge is -1.97. The number of nitrogens with one attached hydrogen (secondary N) is 1. The van der Waals surface area contributed by atoms with E-state index in [0.29, 0.717) is 15.6 Å². The second-order valence-corrected chi connectivity index (χ2v) is 4.18. The highest BCUT2D eigenvalue weighted by atomic mass is 32.1. The number of aromatic nitrogens is 1. The van der Waals surface area contributed by atoms with Gasteiger partial charge >= 0.3 is 0 Å². The minimum Gasteiger partial charge on any atom is -0.382 e. The van der Waals surface area contributed by atoms with E-state index < -0.39 is 0 Å². The Morgan fingerprint density at radius 1 is 1.38 bits per heavy atom. The topological polar surface area (TPSA) is 68.0 Å². The van der Waals surface area contributed by atoms with Crippen LogP contribution in [0.3, 0.4) is 0 Å². The molecule has 16 heavy (non-hydrogen) atoms. The van der Waals surface area contributed by atoms with Crippen molar-refractivity contribution in [1.29, 1.82) is 0 Å². The summed E-state index contributed by atoms with van der Waals surface area (Å²) in [7, 11) is 1.75. The van der Waals surface area contributed by atoms with Gasteiger partial charge in [-0.15, -0.1) is 0 Å². The molecule has 0 fully saturated rings. The summed E-state index contributed by atoms with van der Waals surface area (Å²) < 4.78 is 0. The molecule has 0 saturated carbocycles. The summed E-state index contributed by atoms with van der Waals surface area (Å²) in [6.45, 7) is 0. The van der Waals surface area contributed by atoms with E-state index in [4.69, 9.17) is 5.73 Å². The number of thiazole rings is 1. The second-order valence-electron chi connectivity index (χ2n) is 3.18. The molecule has 0 aliphatic heterocycles. The van der Waals surface area contributed by atoms with Gasteiger partial charge in [0.2, 0.25) is 5.78 Å². The fraction of sp³-hybridized carbons (Fsp3) is 0.0909. The molecule has 1 aromatic carbocycles. The molecule has 0 amide bonds. The molecule has 0 radical (unpaired) electrons. The van der Waals surface area contributed by atoms with Gasteiger partial charge in [0, 0.05) is 12.6 Å². The van der Waals surface area contributed by atoms with Crippen LogP contribution in [-0.4, -0.2) is 17.8 Å². The van der Waals surface area contributed by atoms with Gasteiger partial charge in [0.15, 0.2) is 5.13 Å². The molecule has 0 saturated heterocycles. The molecule has 3 N–H and O–H groups in total. The quantitative estimate of drug-likeness (QED) is 0.796. The Morgan fingerprint density at radius 2 is 2.06 bits per heavy atom. The van der Waals surface area contributed by atoms with Gasteiger partial charge in [-0.2, -0.15) is 0 Å². The minimum absolute atomic E-state index is 0.0860. The molecular formula is C11H11N3OS. The predicted molar refractivity (Wildman–Crippen MR) is 65.9 cm³/mol. The summed E-state index contributed by atoms with van der Waals surface area (Å²) >= 11 is 1.27. The van der Waals surface area contributed by atoms with Crippen LogP contribution in [0.4, 0.5) is 10.9 Å². The number of nitrogen functional groups attached to an aromatic ring is 1. The Hall–Kier alpha value is -1.88. The molecule has 2 aromatic rings. The number of hydrogen-bond acceptors (Lipinski definition) is 5. The van der Waals surface area contributed by atoms with Crippen molar-refractivity contribution in [2.75, 3.05) is 18.1 Å². The molecular weight excluding hydrogens is 222 g/mol. The Bertz CT molecular complexity index is 507. The van der Waals surface area contributed by atoms with Crippen molar-refractivity contribution in [2.45, 2.75) is 0 Å². The van der Waals surface area contributed by atoms with E-state index in [1.54, 1.807) is 19.2 Å². The maximum Gasteiger partial charge on any atom is 0.206 e. The molecule has 0 atom stereocenters. The Balaban J connectivity index is 2.38. The van der Waals surface area contributed by atoms with Crippen molar-refractivity contribution in [3.05, 3.63) is 40.8 Å². The number of ketones is 1. The van der Waals surface area contributed by atoms with Crippen molar-refractivity contribution in [1.82, 2.24) is 4.98 Å². The lowest BCUT2D eigenvalue weighted by atomic mass is 10.1. The average molecular weight is 233 g/mol. The number of benzene rings is 1. The fourth-order valence-corrected chi connectivity index (χ4v) is 2.12. The zero-order chi connectivity index (χ0) is 11.5. The van der Waals surface area contributed by atoms with Crippen LogP contribution in [0.1, 0.15) is 15.2 Å². The van der Waals surface area contributed by atoms with Crippen molar-refractivity contribution in [3.63, 3.8) is 0 Å². The SMILES string of the molecule is CNc1nc(N)c(C(=O)c2ccccc2)s1. The van der Waals surface area contributed by atoms with Crippen molar-refractivity contribution in [3.8, 4) is 0 Å². The van der Waals surface area contributed by atoms with Gasteiger partial charge in [0.05, 0.1) is 0 Å². The maximum atomic E-state index is 12.1. The van der Waals surface area contributed by atoms with Crippen LogP contribution in [0.5, 0.6) is 0 Å². The fourth-order valence-electron chi connectivity index (χ4n) is 1.32. The van der Waals surface area contributed by atoms with Crippen LogP contribution in [0.25, 0.3) is 0 Å². The summed E-state index contributed by atoms with van der Waals surface area (Å²) in [5.41, 5.74) is 6.32. The van der Waals surface area contributed by atoms with Gasteiger partial charge in [0.1, 0.15) is 10.7 Å². The summed E-state index contributed by atoms with van der Waals surface area (Å²) in [5.74, 6) is 0.195. The molecule has 5 heteroatoms. The molecule has 0 bridgehead atoms. The first-order valence-corrected chi connectivity index (χ1v) is 5.58. The van der Waals surface area contributed by atoms with Crippen LogP contribution in [0, 0.1) is 0 Å². The number of rotatable bonds is 3. The number of hydrogen-bond donors (Lipinski definition) is 2. The first kappa shape index (κ1) is 10.6. The molecule has 2 rings (SSSR count). The third-order valence-electron chi connectivity index (χ3n) is 2.11. The van der Waals surface area contributed by atoms with E-state index in [9.17, 15) is 4.79 Å². The zero-order valence-electron chi connectivity index (χ0n) is 8.73. The van der Waals surface area contributed by atoms with Crippen molar-refractivity contribution >= 4 is 28.1 Å². The molecule has 0 aliphatic carbocycles. The molecule has 1 heterocycles. The van der Waals surface area contributed by atoms with Crippen LogP contribution < -0.4 is 11.1 Å². The maximum absolute atomic E-state index is 12.1. The number of carbonyl (C=O) groups is 1. The second kappa shape index (κ2) is 4.32. The van der Waals surface area contributed by atoms with E-state index in [1.165, 1.54) is 11.3 Å². The van der Waals surface area contributed by atoms with E-state index in [-0.39, 0.29) is 11.6 Å². The molecule has 4 nitrogen and oxygen atoms in total. The number of carbonyl (C=O) groups excluding carboxylic acids is 1. The Morgan fingerprint density at radius 3 is 2.62 bits per heavy atom. The van der Waals surface area contributed by atoms with Gasteiger partial charge in [-0.05, 0) is 0 Å². The molecule has 0 unspecified atom stereocenters. The average Bonchev–Trinajstić information content (AvgIpc) is 2.71. The van der Waals surface area contributed by atoms with Crippen molar-refractivity contribution < 1.29 is 4.79 Å². The Labute approximate surface area is 97.1 Å². The predicted octanol–water partition coefficient (Wildman–Crippen LogP) is 2.00. The summed E-state index contributed by atoms with van der Waals surface area (Å²) in [6.07, 6.45) is 0. The smallest absolute Gasteiger partial charge is 0.206 e. The Kier molecular flexibility index (Phi) is 2.87. The number of anilines is 2. The van der Waals surface area contributed by atoms with Gasteiger partial charge in [-0.25, -0.2) is 4.98 Å². The molecule has 82 valence electrons. The van der Waals surface area contributed by atoms with Crippen LogP contribution in [0.2, 0.25) is 0 Å².